The zero-order valence-electron chi connectivity index (χ0n) is 20.9. The number of hydrogen-bond acceptors (Lipinski definition) is 6. The molecule has 3 amide bonds. The SMILES string of the molecule is CN(C)CCCNC(=O)c1cc(NC(=O)c2cc(NC(=O)c3nc(N)cn3C)cn2C)cn1C.Cl.Cl. The summed E-state index contributed by atoms with van der Waals surface area (Å²) >= 11 is 0. The van der Waals surface area contributed by atoms with E-state index in [-0.39, 0.29) is 48.3 Å². The van der Waals surface area contributed by atoms with E-state index >= 15 is 0 Å². The van der Waals surface area contributed by atoms with Crippen molar-refractivity contribution in [1.29, 1.82) is 0 Å². The summed E-state index contributed by atoms with van der Waals surface area (Å²) in [7, 11) is 9.06. The van der Waals surface area contributed by atoms with E-state index in [2.05, 4.69) is 25.8 Å². The monoisotopic (exact) mass is 541 g/mol. The third-order valence-corrected chi connectivity index (χ3v) is 5.16. The molecule has 0 fully saturated rings. The highest BCUT2D eigenvalue weighted by atomic mass is 35.5. The third-order valence-electron chi connectivity index (χ3n) is 5.16. The number of anilines is 3. The largest absolute Gasteiger partial charge is 0.382 e. The number of nitrogens with one attached hydrogen (secondary N) is 3. The summed E-state index contributed by atoms with van der Waals surface area (Å²) in [5.41, 5.74) is 7.32. The Labute approximate surface area is 222 Å². The lowest BCUT2D eigenvalue weighted by atomic mass is 10.3. The number of carbonyl (C=O) groups is 3. The first kappa shape index (κ1) is 30.6. The van der Waals surface area contributed by atoms with Gasteiger partial charge in [0.05, 0.1) is 11.4 Å². The number of rotatable bonds is 9. The van der Waals surface area contributed by atoms with Crippen molar-refractivity contribution in [1.82, 2.24) is 28.9 Å². The number of nitrogens with zero attached hydrogens (tertiary/aromatic N) is 5. The van der Waals surface area contributed by atoms with Crippen LogP contribution in [0.25, 0.3) is 0 Å². The number of amides is 3. The van der Waals surface area contributed by atoms with Gasteiger partial charge in [0, 0.05) is 46.3 Å². The summed E-state index contributed by atoms with van der Waals surface area (Å²) < 4.78 is 4.78. The van der Waals surface area contributed by atoms with Crippen molar-refractivity contribution in [2.75, 3.05) is 43.6 Å². The van der Waals surface area contributed by atoms with Gasteiger partial charge in [-0.25, -0.2) is 4.98 Å². The number of carbonyl (C=O) groups excluding carboxylic acids is 3. The fraction of sp³-hybridized carbons (Fsp3) is 0.364. The number of halogens is 2. The van der Waals surface area contributed by atoms with Gasteiger partial charge >= 0.3 is 0 Å². The van der Waals surface area contributed by atoms with Crippen LogP contribution in [0.1, 0.15) is 38.0 Å². The molecular weight excluding hydrogens is 509 g/mol. The molecule has 0 aliphatic heterocycles. The van der Waals surface area contributed by atoms with Crippen molar-refractivity contribution in [3.05, 3.63) is 47.9 Å². The Morgan fingerprint density at radius 1 is 0.861 bits per heavy atom. The smallest absolute Gasteiger partial charge is 0.291 e. The van der Waals surface area contributed by atoms with Crippen LogP contribution in [-0.4, -0.2) is 68.5 Å². The summed E-state index contributed by atoms with van der Waals surface area (Å²) in [6, 6.07) is 3.18. The first-order chi connectivity index (χ1) is 16.0. The molecular formula is C22H33Cl2N9O3. The summed E-state index contributed by atoms with van der Waals surface area (Å²) in [4.78, 5) is 43.8. The van der Waals surface area contributed by atoms with E-state index in [1.165, 1.54) is 10.8 Å². The fourth-order valence-corrected chi connectivity index (χ4v) is 3.49. The minimum Gasteiger partial charge on any atom is -0.382 e. The standard InChI is InChI=1S/C22H31N9O3.2ClH/c1-28(2)8-6-7-24-20(32)16-9-14(11-29(16)3)25-21(33)17-10-15(12-30(17)4)26-22(34)19-27-18(23)13-31(19)5;;/h9-13H,6-8,23H2,1-5H3,(H,24,32)(H,25,33)(H,26,34);2*1H. The summed E-state index contributed by atoms with van der Waals surface area (Å²) in [6.07, 6.45) is 5.67. The molecule has 5 N–H and O–H groups in total. The Bertz CT molecular complexity index is 1210. The highest BCUT2D eigenvalue weighted by Crippen LogP contribution is 2.18. The second-order valence-electron chi connectivity index (χ2n) is 8.37. The Morgan fingerprint density at radius 3 is 1.89 bits per heavy atom. The van der Waals surface area contributed by atoms with E-state index in [9.17, 15) is 14.4 Å². The highest BCUT2D eigenvalue weighted by molar-refractivity contribution is 6.06. The number of aromatic nitrogens is 4. The van der Waals surface area contributed by atoms with Crippen LogP contribution in [0, 0.1) is 0 Å². The number of nitrogen functional groups attached to an aromatic ring is 1. The van der Waals surface area contributed by atoms with Gasteiger partial charge < -0.3 is 40.3 Å². The molecule has 0 saturated heterocycles. The molecule has 0 aliphatic rings. The van der Waals surface area contributed by atoms with Crippen molar-refractivity contribution < 1.29 is 14.4 Å². The fourth-order valence-electron chi connectivity index (χ4n) is 3.49. The maximum atomic E-state index is 12.8. The molecule has 0 saturated carbocycles. The van der Waals surface area contributed by atoms with Gasteiger partial charge in [-0.15, -0.1) is 24.8 Å². The highest BCUT2D eigenvalue weighted by Gasteiger charge is 2.18. The average Bonchev–Trinajstić information content (AvgIpc) is 3.41. The summed E-state index contributed by atoms with van der Waals surface area (Å²) in [5.74, 6) is -0.635. The molecule has 0 aliphatic carbocycles. The second-order valence-corrected chi connectivity index (χ2v) is 8.37. The number of imidazole rings is 1. The number of aryl methyl sites for hydroxylation is 3. The normalized spacial score (nSPS) is 10.4. The summed E-state index contributed by atoms with van der Waals surface area (Å²) in [6.45, 7) is 1.44. The third kappa shape index (κ3) is 7.51. The van der Waals surface area contributed by atoms with Crippen LogP contribution in [0.3, 0.4) is 0 Å². The molecule has 3 heterocycles. The van der Waals surface area contributed by atoms with Gasteiger partial charge in [0.1, 0.15) is 17.2 Å². The van der Waals surface area contributed by atoms with Gasteiger partial charge in [0.2, 0.25) is 5.82 Å². The quantitative estimate of drug-likeness (QED) is 0.303. The predicted molar refractivity (Wildman–Crippen MR) is 144 cm³/mol. The van der Waals surface area contributed by atoms with Crippen LogP contribution in [0.4, 0.5) is 17.2 Å². The Kier molecular flexibility index (Phi) is 11.0. The van der Waals surface area contributed by atoms with Crippen molar-refractivity contribution in [3.8, 4) is 0 Å². The Balaban J connectivity index is 0.00000324. The van der Waals surface area contributed by atoms with Crippen molar-refractivity contribution >= 4 is 59.7 Å². The van der Waals surface area contributed by atoms with Crippen LogP contribution in [0.5, 0.6) is 0 Å². The maximum Gasteiger partial charge on any atom is 0.291 e. The van der Waals surface area contributed by atoms with Crippen molar-refractivity contribution in [2.45, 2.75) is 6.42 Å². The molecule has 198 valence electrons. The molecule has 0 aromatic carbocycles. The molecule has 12 nitrogen and oxygen atoms in total. The Morgan fingerprint density at radius 2 is 1.39 bits per heavy atom. The topological polar surface area (TPSA) is 144 Å². The van der Waals surface area contributed by atoms with Crippen LogP contribution in [-0.2, 0) is 21.1 Å². The van der Waals surface area contributed by atoms with E-state index in [4.69, 9.17) is 5.73 Å². The van der Waals surface area contributed by atoms with E-state index in [1.54, 1.807) is 54.8 Å². The van der Waals surface area contributed by atoms with Gasteiger partial charge in [-0.3, -0.25) is 14.4 Å². The van der Waals surface area contributed by atoms with Crippen LogP contribution < -0.4 is 21.7 Å². The molecule has 0 bridgehead atoms. The van der Waals surface area contributed by atoms with Gasteiger partial charge in [-0.2, -0.15) is 0 Å². The molecule has 0 atom stereocenters. The lowest BCUT2D eigenvalue weighted by Gasteiger charge is -2.10. The van der Waals surface area contributed by atoms with Crippen LogP contribution in [0.2, 0.25) is 0 Å². The number of hydrogen-bond donors (Lipinski definition) is 4. The number of nitrogens with two attached hydrogens (primary N) is 1. The summed E-state index contributed by atoms with van der Waals surface area (Å²) in [5, 5.41) is 8.39. The minimum atomic E-state index is -0.443. The first-order valence-corrected chi connectivity index (χ1v) is 10.7. The first-order valence-electron chi connectivity index (χ1n) is 10.7. The maximum absolute atomic E-state index is 12.8. The van der Waals surface area contributed by atoms with Crippen LogP contribution >= 0.6 is 24.8 Å². The van der Waals surface area contributed by atoms with E-state index in [0.717, 1.165) is 13.0 Å². The predicted octanol–water partition coefficient (Wildman–Crippen LogP) is 1.71. The van der Waals surface area contributed by atoms with Gasteiger partial charge in [-0.1, -0.05) is 0 Å². The van der Waals surface area contributed by atoms with E-state index in [0.29, 0.717) is 29.3 Å². The zero-order valence-corrected chi connectivity index (χ0v) is 22.5. The van der Waals surface area contributed by atoms with Gasteiger partial charge in [0.25, 0.3) is 17.7 Å². The molecule has 0 unspecified atom stereocenters. The molecule has 3 aromatic heterocycles. The molecule has 3 rings (SSSR count). The molecule has 0 radical (unpaired) electrons. The van der Waals surface area contributed by atoms with E-state index < -0.39 is 5.91 Å². The van der Waals surface area contributed by atoms with Crippen molar-refractivity contribution in [2.24, 2.45) is 21.1 Å². The molecule has 14 heteroatoms. The minimum absolute atomic E-state index is 0. The second kappa shape index (κ2) is 13.0. The lowest BCUT2D eigenvalue weighted by Crippen LogP contribution is -2.28. The van der Waals surface area contributed by atoms with Crippen LogP contribution in [0.15, 0.2) is 30.7 Å². The molecule has 36 heavy (non-hydrogen) atoms. The zero-order chi connectivity index (χ0) is 25.0. The van der Waals surface area contributed by atoms with E-state index in [1.807, 2.05) is 14.1 Å². The molecule has 0 spiro atoms. The van der Waals surface area contributed by atoms with Gasteiger partial charge in [0.15, 0.2) is 0 Å². The lowest BCUT2D eigenvalue weighted by molar-refractivity contribution is 0.0942. The Hall–Kier alpha value is -3.48. The average molecular weight is 542 g/mol. The van der Waals surface area contributed by atoms with Gasteiger partial charge in [-0.05, 0) is 39.2 Å². The van der Waals surface area contributed by atoms with Crippen molar-refractivity contribution in [3.63, 3.8) is 0 Å². The molecule has 3 aromatic rings.